The van der Waals surface area contributed by atoms with Crippen molar-refractivity contribution < 1.29 is 37.9 Å². The summed E-state index contributed by atoms with van der Waals surface area (Å²) in [5.41, 5.74) is 1.61. The van der Waals surface area contributed by atoms with Crippen LogP contribution in [0, 0.1) is 5.41 Å². The Morgan fingerprint density at radius 1 is 0.860 bits per heavy atom. The summed E-state index contributed by atoms with van der Waals surface area (Å²) in [6.07, 6.45) is 1.77. The Morgan fingerprint density at radius 3 is 2.12 bits per heavy atom. The standard InChI is InChI=1S/C34H38N5O8PS2/c1-33(2)44-26-20(16-40)15-23(27(26)45-33)38-19-37-31-25(30(38)35)36-18-39(31)32-29-28(46-34(3,4)47-29)24(43-32)17-42-48(41,49-21-11-7-5-8-12-21)50-22-13-9-6-10-14-22/h5-15,18-19,23-24,26-29,32,35,40H,16-17H2,1-4H3/t23-,24-,26-,27+,28-,29-,32-/m1/s1. The smallest absolute Gasteiger partial charge is 0.322 e. The van der Waals surface area contributed by atoms with E-state index in [0.717, 1.165) is 9.79 Å². The number of ether oxygens (including phenoxy) is 5. The molecule has 5 heterocycles. The van der Waals surface area contributed by atoms with Gasteiger partial charge in [-0.05, 0) is 80.3 Å². The van der Waals surface area contributed by atoms with Gasteiger partial charge in [0.05, 0.1) is 31.9 Å². The van der Waals surface area contributed by atoms with Gasteiger partial charge < -0.3 is 37.9 Å². The molecule has 0 unspecified atom stereocenters. The van der Waals surface area contributed by atoms with E-state index in [-0.39, 0.29) is 18.7 Å². The molecule has 3 saturated heterocycles. The Hall–Kier alpha value is -2.82. The molecule has 0 bridgehead atoms. The fourth-order valence-electron chi connectivity index (χ4n) is 6.95. The van der Waals surface area contributed by atoms with Gasteiger partial charge in [-0.2, -0.15) is 0 Å². The summed E-state index contributed by atoms with van der Waals surface area (Å²) in [6, 6.07) is 18.6. The zero-order chi connectivity index (χ0) is 34.8. The zero-order valence-electron chi connectivity index (χ0n) is 27.8. The van der Waals surface area contributed by atoms with E-state index in [9.17, 15) is 9.67 Å². The highest BCUT2D eigenvalue weighted by Gasteiger charge is 2.57. The summed E-state index contributed by atoms with van der Waals surface area (Å²) in [7, 11) is 0. The number of benzene rings is 2. The molecule has 3 aliphatic heterocycles. The highest BCUT2D eigenvalue weighted by molar-refractivity contribution is 8.89. The number of aromatic nitrogens is 4. The summed E-state index contributed by atoms with van der Waals surface area (Å²) in [5, 5.41) is 19.1. The van der Waals surface area contributed by atoms with Crippen molar-refractivity contribution in [2.24, 2.45) is 0 Å². The number of aliphatic hydroxyl groups is 1. The second-order valence-corrected chi connectivity index (χ2v) is 20.6. The first-order valence-electron chi connectivity index (χ1n) is 16.3. The van der Waals surface area contributed by atoms with E-state index in [2.05, 4.69) is 4.98 Å². The molecule has 50 heavy (non-hydrogen) atoms. The topological polar surface area (TPSA) is 152 Å². The molecule has 2 aromatic carbocycles. The zero-order valence-corrected chi connectivity index (χ0v) is 30.3. The molecular weight excluding hydrogens is 702 g/mol. The molecule has 0 saturated carbocycles. The van der Waals surface area contributed by atoms with Crippen molar-refractivity contribution in [1.82, 2.24) is 19.1 Å². The summed E-state index contributed by atoms with van der Waals surface area (Å²) in [4.78, 5) is 11.0. The van der Waals surface area contributed by atoms with Crippen LogP contribution in [0.25, 0.3) is 11.2 Å². The Labute approximate surface area is 296 Å². The molecular formula is C34H38N5O8PS2. The first-order valence-corrected chi connectivity index (χ1v) is 20.8. The minimum absolute atomic E-state index is 0.0139. The number of hydrogen-bond acceptors (Lipinski definition) is 13. The molecule has 7 atom stereocenters. The fraction of sp³-hybridized carbons (Fsp3) is 0.441. The Kier molecular flexibility index (Phi) is 8.91. The quantitative estimate of drug-likeness (QED) is 0.149. The average Bonchev–Trinajstić information content (AvgIpc) is 3.87. The molecule has 4 aromatic rings. The monoisotopic (exact) mass is 739 g/mol. The summed E-state index contributed by atoms with van der Waals surface area (Å²) < 4.78 is 55.7. The van der Waals surface area contributed by atoms with Gasteiger partial charge in [-0.3, -0.25) is 14.5 Å². The van der Waals surface area contributed by atoms with Gasteiger partial charge in [0.15, 0.2) is 28.9 Å². The maximum atomic E-state index is 14.4. The van der Waals surface area contributed by atoms with Gasteiger partial charge >= 0.3 is 5.77 Å². The van der Waals surface area contributed by atoms with Crippen LogP contribution in [0.2, 0.25) is 0 Å². The van der Waals surface area contributed by atoms with Crippen molar-refractivity contribution in [3.8, 4) is 0 Å². The van der Waals surface area contributed by atoms with Gasteiger partial charge in [0.2, 0.25) is 0 Å². The van der Waals surface area contributed by atoms with E-state index in [1.54, 1.807) is 21.8 Å². The normalized spacial score (nSPS) is 29.7. The number of fused-ring (bicyclic) bond motifs is 3. The number of imidazole rings is 1. The van der Waals surface area contributed by atoms with Crippen molar-refractivity contribution in [3.05, 3.63) is 90.5 Å². The predicted molar refractivity (Wildman–Crippen MR) is 185 cm³/mol. The first kappa shape index (κ1) is 34.3. The lowest BCUT2D eigenvalue weighted by atomic mass is 10.1. The maximum Gasteiger partial charge on any atom is 0.322 e. The second-order valence-electron chi connectivity index (χ2n) is 13.4. The molecule has 4 aliphatic rings. The number of nitrogens with zero attached hydrogens (tertiary/aromatic N) is 4. The van der Waals surface area contributed by atoms with Crippen LogP contribution in [0.3, 0.4) is 0 Å². The third kappa shape index (κ3) is 6.42. The van der Waals surface area contributed by atoms with Crippen LogP contribution in [0.15, 0.2) is 94.8 Å². The van der Waals surface area contributed by atoms with Crippen LogP contribution in [0.5, 0.6) is 0 Å². The lowest BCUT2D eigenvalue weighted by molar-refractivity contribution is -0.198. The highest BCUT2D eigenvalue weighted by Crippen LogP contribution is 2.74. The van der Waals surface area contributed by atoms with E-state index in [1.807, 2.05) is 94.4 Å². The summed E-state index contributed by atoms with van der Waals surface area (Å²) in [5.74, 6) is -5.12. The fourth-order valence-corrected chi connectivity index (χ4v) is 13.5. The van der Waals surface area contributed by atoms with Crippen LogP contribution in [0.4, 0.5) is 0 Å². The van der Waals surface area contributed by atoms with Crippen LogP contribution in [0.1, 0.15) is 40.0 Å². The predicted octanol–water partition coefficient (Wildman–Crippen LogP) is 5.83. The Morgan fingerprint density at radius 2 is 1.46 bits per heavy atom. The van der Waals surface area contributed by atoms with Crippen LogP contribution < -0.4 is 5.49 Å². The third-order valence-electron chi connectivity index (χ3n) is 8.99. The van der Waals surface area contributed by atoms with Gasteiger partial charge in [-0.1, -0.05) is 42.5 Å². The second kappa shape index (κ2) is 13.0. The third-order valence-corrected chi connectivity index (χ3v) is 15.5. The van der Waals surface area contributed by atoms with Gasteiger partial charge in [0.1, 0.15) is 36.0 Å². The van der Waals surface area contributed by atoms with Crippen LogP contribution in [-0.4, -0.2) is 79.5 Å². The number of aliphatic hydroxyl groups excluding tert-OH is 1. The van der Waals surface area contributed by atoms with Gasteiger partial charge in [0.25, 0.3) is 0 Å². The Balaban J connectivity index is 1.07. The van der Waals surface area contributed by atoms with Crippen molar-refractivity contribution in [3.63, 3.8) is 0 Å². The summed E-state index contributed by atoms with van der Waals surface area (Å²) >= 11 is 2.40. The highest BCUT2D eigenvalue weighted by atomic mass is 33.1. The number of hydrogen-bond donors (Lipinski definition) is 2. The molecule has 0 radical (unpaired) electrons. The molecule has 8 rings (SSSR count). The van der Waals surface area contributed by atoms with Gasteiger partial charge in [0, 0.05) is 9.79 Å². The van der Waals surface area contributed by atoms with E-state index in [0.29, 0.717) is 16.7 Å². The van der Waals surface area contributed by atoms with E-state index >= 15 is 0 Å². The number of nitrogens with one attached hydrogen (secondary N) is 1. The van der Waals surface area contributed by atoms with Crippen molar-refractivity contribution >= 4 is 39.7 Å². The molecule has 16 heteroatoms. The van der Waals surface area contributed by atoms with E-state index in [4.69, 9.17) is 38.6 Å². The molecule has 264 valence electrons. The van der Waals surface area contributed by atoms with E-state index in [1.165, 1.54) is 22.8 Å². The summed E-state index contributed by atoms with van der Waals surface area (Å²) in [6.45, 7) is 7.16. The average molecular weight is 740 g/mol. The number of rotatable bonds is 10. The largest absolute Gasteiger partial charge is 0.392 e. The van der Waals surface area contributed by atoms with Crippen molar-refractivity contribution in [2.75, 3.05) is 13.2 Å². The molecule has 2 N–H and O–H groups in total. The molecule has 0 amide bonds. The first-order chi connectivity index (χ1) is 23.9. The van der Waals surface area contributed by atoms with Crippen molar-refractivity contribution in [1.29, 1.82) is 5.41 Å². The minimum Gasteiger partial charge on any atom is -0.392 e. The minimum atomic E-state index is -3.39. The molecule has 1 aliphatic carbocycles. The van der Waals surface area contributed by atoms with Gasteiger partial charge in [-0.25, -0.2) is 9.97 Å². The van der Waals surface area contributed by atoms with E-state index < -0.39 is 60.1 Å². The molecule has 13 nitrogen and oxygen atoms in total. The van der Waals surface area contributed by atoms with Crippen molar-refractivity contribution in [2.45, 2.75) is 91.8 Å². The van der Waals surface area contributed by atoms with Crippen LogP contribution in [-0.2, 0) is 32.8 Å². The molecule has 3 fully saturated rings. The lowest BCUT2D eigenvalue weighted by Crippen LogP contribution is -2.34. The maximum absolute atomic E-state index is 14.4. The van der Waals surface area contributed by atoms with Gasteiger partial charge in [-0.15, -0.1) is 0 Å². The lowest BCUT2D eigenvalue weighted by Gasteiger charge is -2.26. The molecule has 2 aromatic heterocycles. The Bertz CT molecular complexity index is 1980. The van der Waals surface area contributed by atoms with Crippen LogP contribution >= 0.6 is 28.5 Å². The SMILES string of the molecule is CC1(C)O[C@@H]2[C@H](O1)[C@@H](COP(=O)(Sc1ccccc1)Sc1ccccc1)O[C@H]2n1cnc2c(=N)n([C@@H]3C=C(CO)[C@H]4OC(C)(C)O[C@H]43)cnc21. The molecule has 0 spiro atoms.